The van der Waals surface area contributed by atoms with E-state index in [0.717, 1.165) is 19.4 Å². The van der Waals surface area contributed by atoms with Gasteiger partial charge >= 0.3 is 0 Å². The average molecular weight is 230 g/mol. The molecule has 17 heavy (non-hydrogen) atoms. The van der Waals surface area contributed by atoms with Crippen LogP contribution in [0, 0.1) is 0 Å². The summed E-state index contributed by atoms with van der Waals surface area (Å²) in [5.74, 6) is 0. The molecule has 1 aliphatic carbocycles. The van der Waals surface area contributed by atoms with Gasteiger partial charge in [-0.15, -0.1) is 0 Å². The molecule has 0 unspecified atom stereocenters. The highest BCUT2D eigenvalue weighted by atomic mass is 15.1. The van der Waals surface area contributed by atoms with E-state index in [0.29, 0.717) is 0 Å². The maximum absolute atomic E-state index is 6.26. The number of nitrogens with zero attached hydrogens (tertiary/aromatic N) is 1. The molecule has 2 heteroatoms. The number of piperidine rings is 1. The lowest BCUT2D eigenvalue weighted by molar-refractivity contribution is 0.221. The van der Waals surface area contributed by atoms with Crippen LogP contribution in [0.2, 0.25) is 0 Å². The maximum atomic E-state index is 6.26. The summed E-state index contributed by atoms with van der Waals surface area (Å²) in [6.45, 7) is 3.62. The maximum Gasteiger partial charge on any atom is 0.0411 e. The Morgan fingerprint density at radius 2 is 1.88 bits per heavy atom. The Balaban J connectivity index is 1.70. The van der Waals surface area contributed by atoms with Crippen molar-refractivity contribution in [1.29, 1.82) is 0 Å². The second kappa shape index (κ2) is 4.43. The highest BCUT2D eigenvalue weighted by molar-refractivity contribution is 5.33. The standard InChI is InChI=1S/C15H22N2/c16-15(7-8-15)14-6-4-5-13(11-14)12-17-9-2-1-3-10-17/h4-6,11H,1-3,7-10,12,16H2. The molecule has 1 heterocycles. The van der Waals surface area contributed by atoms with Crippen LogP contribution in [0.15, 0.2) is 24.3 Å². The summed E-state index contributed by atoms with van der Waals surface area (Å²) in [4.78, 5) is 2.57. The molecule has 1 saturated carbocycles. The second-order valence-electron chi connectivity index (χ2n) is 5.69. The molecule has 0 spiro atoms. The van der Waals surface area contributed by atoms with Crippen LogP contribution in [0.3, 0.4) is 0 Å². The van der Waals surface area contributed by atoms with Gasteiger partial charge < -0.3 is 5.73 Å². The Hall–Kier alpha value is -0.860. The number of benzene rings is 1. The molecule has 1 aromatic rings. The molecule has 3 rings (SSSR count). The molecule has 92 valence electrons. The monoisotopic (exact) mass is 230 g/mol. The molecule has 1 saturated heterocycles. The van der Waals surface area contributed by atoms with Crippen LogP contribution < -0.4 is 5.73 Å². The third-order valence-corrected chi connectivity index (χ3v) is 4.15. The Bertz CT molecular complexity index is 390. The lowest BCUT2D eigenvalue weighted by atomic mass is 10.0. The molecule has 2 nitrogen and oxygen atoms in total. The number of hydrogen-bond donors (Lipinski definition) is 1. The second-order valence-corrected chi connectivity index (χ2v) is 5.69. The van der Waals surface area contributed by atoms with E-state index in [2.05, 4.69) is 29.2 Å². The molecule has 1 aromatic carbocycles. The predicted molar refractivity (Wildman–Crippen MR) is 70.7 cm³/mol. The van der Waals surface area contributed by atoms with E-state index < -0.39 is 0 Å². The normalized spacial score (nSPS) is 23.6. The Morgan fingerprint density at radius 1 is 1.12 bits per heavy atom. The fourth-order valence-electron chi connectivity index (χ4n) is 2.78. The van der Waals surface area contributed by atoms with Crippen molar-refractivity contribution in [1.82, 2.24) is 4.90 Å². The Kier molecular flexibility index (Phi) is 2.93. The minimum Gasteiger partial charge on any atom is -0.321 e. The highest BCUT2D eigenvalue weighted by Gasteiger charge is 2.39. The lowest BCUT2D eigenvalue weighted by Gasteiger charge is -2.26. The van der Waals surface area contributed by atoms with E-state index in [-0.39, 0.29) is 5.54 Å². The average Bonchev–Trinajstić information content (AvgIpc) is 3.11. The van der Waals surface area contributed by atoms with Gasteiger partial charge in [-0.1, -0.05) is 30.7 Å². The molecule has 1 aliphatic heterocycles. The first-order valence-corrected chi connectivity index (χ1v) is 6.87. The zero-order valence-corrected chi connectivity index (χ0v) is 10.5. The number of likely N-dealkylation sites (tertiary alicyclic amines) is 1. The van der Waals surface area contributed by atoms with Gasteiger partial charge in [-0.2, -0.15) is 0 Å². The summed E-state index contributed by atoms with van der Waals surface area (Å²) in [7, 11) is 0. The lowest BCUT2D eigenvalue weighted by Crippen LogP contribution is -2.29. The Morgan fingerprint density at radius 3 is 2.59 bits per heavy atom. The zero-order chi connectivity index (χ0) is 11.7. The molecule has 0 aromatic heterocycles. The zero-order valence-electron chi connectivity index (χ0n) is 10.5. The summed E-state index contributed by atoms with van der Waals surface area (Å²) in [6.07, 6.45) is 6.43. The van der Waals surface area contributed by atoms with Gasteiger partial charge in [-0.05, 0) is 49.9 Å². The van der Waals surface area contributed by atoms with Crippen molar-refractivity contribution in [3.05, 3.63) is 35.4 Å². The molecule has 2 fully saturated rings. The van der Waals surface area contributed by atoms with Crippen molar-refractivity contribution in [2.75, 3.05) is 13.1 Å². The predicted octanol–water partition coefficient (Wildman–Crippen LogP) is 2.62. The van der Waals surface area contributed by atoms with Crippen molar-refractivity contribution in [2.24, 2.45) is 5.73 Å². The summed E-state index contributed by atoms with van der Waals surface area (Å²) in [6, 6.07) is 8.92. The van der Waals surface area contributed by atoms with Crippen LogP contribution in [-0.4, -0.2) is 18.0 Å². The van der Waals surface area contributed by atoms with Crippen molar-refractivity contribution in [3.8, 4) is 0 Å². The van der Waals surface area contributed by atoms with Crippen LogP contribution in [-0.2, 0) is 12.1 Å². The SMILES string of the molecule is NC1(c2cccc(CN3CCCCC3)c2)CC1. The number of hydrogen-bond acceptors (Lipinski definition) is 2. The largest absolute Gasteiger partial charge is 0.321 e. The van der Waals surface area contributed by atoms with Gasteiger partial charge in [0, 0.05) is 12.1 Å². The quantitative estimate of drug-likeness (QED) is 0.865. The molecule has 0 amide bonds. The molecular formula is C15H22N2. The van der Waals surface area contributed by atoms with Gasteiger partial charge in [0.15, 0.2) is 0 Å². The minimum atomic E-state index is 0.0118. The first-order chi connectivity index (χ1) is 8.26. The molecule has 0 atom stereocenters. The summed E-state index contributed by atoms with van der Waals surface area (Å²) >= 11 is 0. The fourth-order valence-corrected chi connectivity index (χ4v) is 2.78. The van der Waals surface area contributed by atoms with Gasteiger partial charge in [0.05, 0.1) is 0 Å². The molecular weight excluding hydrogens is 208 g/mol. The van der Waals surface area contributed by atoms with Crippen LogP contribution in [0.1, 0.15) is 43.2 Å². The smallest absolute Gasteiger partial charge is 0.0411 e. The molecule has 2 N–H and O–H groups in total. The van der Waals surface area contributed by atoms with E-state index in [1.807, 2.05) is 0 Å². The van der Waals surface area contributed by atoms with Crippen LogP contribution in [0.4, 0.5) is 0 Å². The van der Waals surface area contributed by atoms with E-state index in [4.69, 9.17) is 5.73 Å². The van der Waals surface area contributed by atoms with Gasteiger partial charge in [0.2, 0.25) is 0 Å². The van der Waals surface area contributed by atoms with E-state index >= 15 is 0 Å². The summed E-state index contributed by atoms with van der Waals surface area (Å²) < 4.78 is 0. The van der Waals surface area contributed by atoms with E-state index in [1.54, 1.807) is 0 Å². The summed E-state index contributed by atoms with van der Waals surface area (Å²) in [5, 5.41) is 0. The van der Waals surface area contributed by atoms with Crippen molar-refractivity contribution in [2.45, 2.75) is 44.2 Å². The third kappa shape index (κ3) is 2.53. The van der Waals surface area contributed by atoms with Crippen LogP contribution >= 0.6 is 0 Å². The number of nitrogens with two attached hydrogens (primary N) is 1. The van der Waals surface area contributed by atoms with Crippen LogP contribution in [0.25, 0.3) is 0 Å². The third-order valence-electron chi connectivity index (χ3n) is 4.15. The van der Waals surface area contributed by atoms with Gasteiger partial charge in [0.25, 0.3) is 0 Å². The van der Waals surface area contributed by atoms with Gasteiger partial charge in [-0.3, -0.25) is 4.90 Å². The van der Waals surface area contributed by atoms with Gasteiger partial charge in [0.1, 0.15) is 0 Å². The van der Waals surface area contributed by atoms with E-state index in [1.165, 1.54) is 43.5 Å². The first-order valence-electron chi connectivity index (χ1n) is 6.87. The van der Waals surface area contributed by atoms with Crippen LogP contribution in [0.5, 0.6) is 0 Å². The molecule has 2 aliphatic rings. The topological polar surface area (TPSA) is 29.3 Å². The first kappa shape index (κ1) is 11.2. The summed E-state index contributed by atoms with van der Waals surface area (Å²) in [5.41, 5.74) is 9.04. The van der Waals surface area contributed by atoms with Crippen molar-refractivity contribution >= 4 is 0 Å². The van der Waals surface area contributed by atoms with Gasteiger partial charge in [-0.25, -0.2) is 0 Å². The minimum absolute atomic E-state index is 0.0118. The molecule has 0 radical (unpaired) electrons. The van der Waals surface area contributed by atoms with Crippen molar-refractivity contribution < 1.29 is 0 Å². The highest BCUT2D eigenvalue weighted by Crippen LogP contribution is 2.42. The van der Waals surface area contributed by atoms with Crippen molar-refractivity contribution in [3.63, 3.8) is 0 Å². The Labute approximate surface area is 104 Å². The van der Waals surface area contributed by atoms with E-state index in [9.17, 15) is 0 Å². The fraction of sp³-hybridized carbons (Fsp3) is 0.600. The molecule has 0 bridgehead atoms. The number of rotatable bonds is 3.